The van der Waals surface area contributed by atoms with Crippen molar-refractivity contribution in [2.24, 2.45) is 5.10 Å². The number of carbonyl (C=O) groups is 1. The van der Waals surface area contributed by atoms with Gasteiger partial charge >= 0.3 is 6.03 Å². The molecule has 0 aliphatic carbocycles. The standard InChI is InChI=1S/C21H20BrN5O3/c1-13-10-17(4-9-20(13)22)24-21(28)25-23-12-16-11-14(2)26(15(16)3)18-5-7-19(8-6-18)27(29)30/h4-12H,1-3H3,(H2,24,25,28)/b23-12-. The van der Waals surface area contributed by atoms with E-state index in [1.165, 1.54) is 12.1 Å². The van der Waals surface area contributed by atoms with E-state index in [2.05, 4.69) is 31.8 Å². The Morgan fingerprint density at radius 3 is 2.47 bits per heavy atom. The van der Waals surface area contributed by atoms with Crippen LogP contribution in [0.1, 0.15) is 22.5 Å². The van der Waals surface area contributed by atoms with Gasteiger partial charge in [0.15, 0.2) is 0 Å². The van der Waals surface area contributed by atoms with Gasteiger partial charge in [-0.05, 0) is 62.7 Å². The lowest BCUT2D eigenvalue weighted by Crippen LogP contribution is -2.24. The van der Waals surface area contributed by atoms with Crippen molar-refractivity contribution < 1.29 is 9.72 Å². The fraction of sp³-hybridized carbons (Fsp3) is 0.143. The minimum atomic E-state index is -0.447. The maximum atomic E-state index is 12.1. The first-order valence-corrected chi connectivity index (χ1v) is 9.85. The zero-order chi connectivity index (χ0) is 21.8. The molecule has 0 radical (unpaired) electrons. The highest BCUT2D eigenvalue weighted by Gasteiger charge is 2.11. The molecule has 3 rings (SSSR count). The van der Waals surface area contributed by atoms with Crippen molar-refractivity contribution in [3.05, 3.63) is 85.6 Å². The fourth-order valence-electron chi connectivity index (χ4n) is 3.08. The summed E-state index contributed by atoms with van der Waals surface area (Å²) >= 11 is 3.42. The molecule has 0 spiro atoms. The molecule has 0 atom stereocenters. The monoisotopic (exact) mass is 469 g/mol. The van der Waals surface area contributed by atoms with E-state index in [-0.39, 0.29) is 5.69 Å². The number of urea groups is 1. The normalized spacial score (nSPS) is 10.9. The van der Waals surface area contributed by atoms with Crippen molar-refractivity contribution in [3.63, 3.8) is 0 Å². The summed E-state index contributed by atoms with van der Waals surface area (Å²) in [5.41, 5.74) is 7.65. The van der Waals surface area contributed by atoms with E-state index in [1.807, 2.05) is 43.5 Å². The molecule has 8 nitrogen and oxygen atoms in total. The lowest BCUT2D eigenvalue weighted by atomic mass is 10.2. The predicted molar refractivity (Wildman–Crippen MR) is 121 cm³/mol. The number of aryl methyl sites for hydroxylation is 2. The molecule has 2 amide bonds. The zero-order valence-electron chi connectivity index (χ0n) is 16.6. The van der Waals surface area contributed by atoms with Crippen LogP contribution in [0.3, 0.4) is 0 Å². The third-order valence-corrected chi connectivity index (χ3v) is 5.46. The summed E-state index contributed by atoms with van der Waals surface area (Å²) < 4.78 is 2.94. The maximum absolute atomic E-state index is 12.1. The number of benzene rings is 2. The molecule has 154 valence electrons. The molecule has 1 heterocycles. The smallest absolute Gasteiger partial charge is 0.318 e. The van der Waals surface area contributed by atoms with Crippen LogP contribution in [0.2, 0.25) is 0 Å². The Kier molecular flexibility index (Phi) is 6.31. The average Bonchev–Trinajstić information content (AvgIpc) is 2.98. The van der Waals surface area contributed by atoms with E-state index in [0.29, 0.717) is 5.69 Å². The van der Waals surface area contributed by atoms with Gasteiger partial charge in [0.1, 0.15) is 0 Å². The molecule has 0 unspecified atom stereocenters. The molecule has 3 aromatic rings. The topological polar surface area (TPSA) is 102 Å². The van der Waals surface area contributed by atoms with Gasteiger partial charge in [-0.1, -0.05) is 15.9 Å². The number of amides is 2. The van der Waals surface area contributed by atoms with Gasteiger partial charge in [0, 0.05) is 44.9 Å². The maximum Gasteiger partial charge on any atom is 0.339 e. The first-order chi connectivity index (χ1) is 14.3. The lowest BCUT2D eigenvalue weighted by molar-refractivity contribution is -0.384. The number of nitro benzene ring substituents is 1. The van der Waals surface area contributed by atoms with Crippen LogP contribution < -0.4 is 10.7 Å². The molecule has 9 heteroatoms. The molecule has 0 saturated heterocycles. The van der Waals surface area contributed by atoms with Crippen molar-refractivity contribution >= 4 is 39.6 Å². The lowest BCUT2D eigenvalue weighted by Gasteiger charge is -2.09. The highest BCUT2D eigenvalue weighted by molar-refractivity contribution is 9.10. The van der Waals surface area contributed by atoms with Crippen LogP contribution in [0.5, 0.6) is 0 Å². The number of halogens is 1. The minimum Gasteiger partial charge on any atom is -0.318 e. The van der Waals surface area contributed by atoms with Crippen LogP contribution in [0, 0.1) is 30.9 Å². The Bertz CT molecular complexity index is 1140. The SMILES string of the molecule is Cc1cc(NC(=O)N/N=C\c2cc(C)n(-c3ccc([N+](=O)[O-])cc3)c2C)ccc1Br. The molecule has 30 heavy (non-hydrogen) atoms. The molecule has 0 saturated carbocycles. The Morgan fingerprint density at radius 2 is 1.83 bits per heavy atom. The molecule has 2 aromatic carbocycles. The van der Waals surface area contributed by atoms with E-state index in [0.717, 1.165) is 32.7 Å². The zero-order valence-corrected chi connectivity index (χ0v) is 18.2. The third-order valence-electron chi connectivity index (χ3n) is 4.57. The molecular formula is C21H20BrN5O3. The molecule has 1 aromatic heterocycles. The Hall–Kier alpha value is -3.46. The number of nitrogens with one attached hydrogen (secondary N) is 2. The largest absolute Gasteiger partial charge is 0.339 e. The first-order valence-electron chi connectivity index (χ1n) is 9.06. The van der Waals surface area contributed by atoms with Crippen LogP contribution >= 0.6 is 15.9 Å². The second-order valence-electron chi connectivity index (χ2n) is 6.72. The van der Waals surface area contributed by atoms with E-state index in [4.69, 9.17) is 0 Å². The van der Waals surface area contributed by atoms with Gasteiger partial charge in [-0.2, -0.15) is 5.10 Å². The number of rotatable bonds is 5. The van der Waals surface area contributed by atoms with Crippen LogP contribution in [0.25, 0.3) is 5.69 Å². The van der Waals surface area contributed by atoms with Gasteiger partial charge in [-0.25, -0.2) is 10.2 Å². The number of nitrogens with zero attached hydrogens (tertiary/aromatic N) is 3. The highest BCUT2D eigenvalue weighted by atomic mass is 79.9. The Balaban J connectivity index is 1.70. The van der Waals surface area contributed by atoms with Crippen LogP contribution in [0.4, 0.5) is 16.2 Å². The Morgan fingerprint density at radius 1 is 1.13 bits per heavy atom. The Labute approximate surface area is 181 Å². The van der Waals surface area contributed by atoms with Gasteiger partial charge < -0.3 is 9.88 Å². The number of hydrazone groups is 1. The van der Waals surface area contributed by atoms with Gasteiger partial charge in [0.05, 0.1) is 11.1 Å². The van der Waals surface area contributed by atoms with Gasteiger partial charge in [-0.15, -0.1) is 0 Å². The number of non-ortho nitro benzene ring substituents is 1. The quantitative estimate of drug-likeness (QED) is 0.303. The second-order valence-corrected chi connectivity index (χ2v) is 7.58. The molecule has 0 aliphatic rings. The number of hydrogen-bond acceptors (Lipinski definition) is 4. The van der Waals surface area contributed by atoms with Crippen molar-refractivity contribution in [2.45, 2.75) is 20.8 Å². The summed E-state index contributed by atoms with van der Waals surface area (Å²) in [4.78, 5) is 22.5. The van der Waals surface area contributed by atoms with E-state index >= 15 is 0 Å². The fourth-order valence-corrected chi connectivity index (χ4v) is 3.33. The van der Waals surface area contributed by atoms with Gasteiger partial charge in [0.2, 0.25) is 0 Å². The number of aromatic nitrogens is 1. The van der Waals surface area contributed by atoms with E-state index in [1.54, 1.807) is 24.4 Å². The predicted octanol–water partition coefficient (Wildman–Crippen LogP) is 5.23. The molecule has 0 bridgehead atoms. The third kappa shape index (κ3) is 4.74. The van der Waals surface area contributed by atoms with Crippen molar-refractivity contribution in [1.29, 1.82) is 0 Å². The molecule has 0 fully saturated rings. The van der Waals surface area contributed by atoms with Crippen LogP contribution in [0.15, 0.2) is 58.1 Å². The van der Waals surface area contributed by atoms with E-state index in [9.17, 15) is 14.9 Å². The van der Waals surface area contributed by atoms with Crippen molar-refractivity contribution in [3.8, 4) is 5.69 Å². The highest BCUT2D eigenvalue weighted by Crippen LogP contribution is 2.22. The molecular weight excluding hydrogens is 450 g/mol. The number of hydrogen-bond donors (Lipinski definition) is 2. The van der Waals surface area contributed by atoms with Crippen LogP contribution in [-0.2, 0) is 0 Å². The minimum absolute atomic E-state index is 0.0409. The van der Waals surface area contributed by atoms with Crippen LogP contribution in [-0.4, -0.2) is 21.7 Å². The average molecular weight is 470 g/mol. The van der Waals surface area contributed by atoms with Gasteiger partial charge in [0.25, 0.3) is 5.69 Å². The summed E-state index contributed by atoms with van der Waals surface area (Å²) in [6.45, 7) is 5.79. The van der Waals surface area contributed by atoms with Crippen molar-refractivity contribution in [1.82, 2.24) is 9.99 Å². The summed E-state index contributed by atoms with van der Waals surface area (Å²) in [6, 6.07) is 13.3. The summed E-state index contributed by atoms with van der Waals surface area (Å²) in [6.07, 6.45) is 1.57. The van der Waals surface area contributed by atoms with Gasteiger partial charge in [-0.3, -0.25) is 10.1 Å². The summed E-state index contributed by atoms with van der Waals surface area (Å²) in [7, 11) is 0. The van der Waals surface area contributed by atoms with E-state index < -0.39 is 11.0 Å². The summed E-state index contributed by atoms with van der Waals surface area (Å²) in [5.74, 6) is 0. The summed E-state index contributed by atoms with van der Waals surface area (Å²) in [5, 5.41) is 17.6. The molecule has 2 N–H and O–H groups in total. The number of nitro groups is 1. The second kappa shape index (κ2) is 8.91. The van der Waals surface area contributed by atoms with Crippen molar-refractivity contribution in [2.75, 3.05) is 5.32 Å². The first kappa shape index (κ1) is 21.3. The molecule has 0 aliphatic heterocycles. The number of carbonyl (C=O) groups excluding carboxylic acids is 1. The number of anilines is 1.